The summed E-state index contributed by atoms with van der Waals surface area (Å²) in [5, 5.41) is 0.271. The molecule has 1 rings (SSSR count). The van der Waals surface area contributed by atoms with E-state index in [9.17, 15) is 9.59 Å². The van der Waals surface area contributed by atoms with Crippen molar-refractivity contribution in [1.82, 2.24) is 4.90 Å². The lowest BCUT2D eigenvalue weighted by Crippen LogP contribution is -2.47. The summed E-state index contributed by atoms with van der Waals surface area (Å²) >= 11 is 3.12. The Labute approximate surface area is 110 Å². The number of amides is 1. The minimum atomic E-state index is -0.574. The molecule has 2 N–H and O–H groups in total. The summed E-state index contributed by atoms with van der Waals surface area (Å²) in [4.78, 5) is 24.8. The van der Waals surface area contributed by atoms with E-state index in [0.29, 0.717) is 13.0 Å². The number of Topliss-reactive ketones (excluding diaryl/α,β-unsaturated/α-hetero) is 1. The summed E-state index contributed by atoms with van der Waals surface area (Å²) in [7, 11) is 0. The van der Waals surface area contributed by atoms with E-state index in [1.807, 2.05) is 0 Å². The van der Waals surface area contributed by atoms with E-state index >= 15 is 0 Å². The van der Waals surface area contributed by atoms with Crippen LogP contribution in [0.25, 0.3) is 0 Å². The molecular weight excluding hydrogens is 288 g/mol. The van der Waals surface area contributed by atoms with Crippen LogP contribution in [0.5, 0.6) is 0 Å². The average Bonchev–Trinajstić information content (AvgIpc) is 2.56. The molecule has 0 aromatic heterocycles. The zero-order valence-corrected chi connectivity index (χ0v) is 12.0. The summed E-state index contributed by atoms with van der Waals surface area (Å²) < 4.78 is 5.24. The standard InChI is InChI=1S/C11H19BrN2O3/c1-11(2,3)17-10(16)14-5-4-7(9(14)13)8(15)6-12/h7,9H,4-6,13H2,1-3H3/t7?,9-/m1/s1. The van der Waals surface area contributed by atoms with Crippen molar-refractivity contribution in [3.05, 3.63) is 0 Å². The van der Waals surface area contributed by atoms with Crippen molar-refractivity contribution < 1.29 is 14.3 Å². The topological polar surface area (TPSA) is 72.6 Å². The second kappa shape index (κ2) is 5.35. The molecule has 1 aliphatic rings. The Morgan fingerprint density at radius 3 is 2.53 bits per heavy atom. The molecule has 5 nitrogen and oxygen atoms in total. The molecule has 0 spiro atoms. The predicted molar refractivity (Wildman–Crippen MR) is 67.8 cm³/mol. The lowest BCUT2D eigenvalue weighted by atomic mass is 10.0. The molecule has 1 unspecified atom stereocenters. The molecule has 1 heterocycles. The molecule has 6 heteroatoms. The SMILES string of the molecule is CC(C)(C)OC(=O)N1CCC(C(=O)CBr)[C@@H]1N. The van der Waals surface area contributed by atoms with E-state index < -0.39 is 17.9 Å². The molecule has 0 bridgehead atoms. The van der Waals surface area contributed by atoms with Gasteiger partial charge in [-0.05, 0) is 27.2 Å². The molecule has 0 aromatic rings. The van der Waals surface area contributed by atoms with Crippen LogP contribution in [-0.2, 0) is 9.53 Å². The van der Waals surface area contributed by atoms with Crippen LogP contribution in [0.1, 0.15) is 27.2 Å². The fraction of sp³-hybridized carbons (Fsp3) is 0.818. The van der Waals surface area contributed by atoms with Crippen LogP contribution in [0.3, 0.4) is 0 Å². The van der Waals surface area contributed by atoms with Crippen LogP contribution >= 0.6 is 15.9 Å². The van der Waals surface area contributed by atoms with E-state index in [2.05, 4.69) is 15.9 Å². The monoisotopic (exact) mass is 306 g/mol. The van der Waals surface area contributed by atoms with Crippen LogP contribution in [-0.4, -0.2) is 40.4 Å². The number of likely N-dealkylation sites (tertiary alicyclic amines) is 1. The van der Waals surface area contributed by atoms with E-state index in [-0.39, 0.29) is 17.0 Å². The Bertz CT molecular complexity index is 314. The molecule has 0 aliphatic carbocycles. The third-order valence-corrected chi connectivity index (χ3v) is 3.18. The van der Waals surface area contributed by atoms with Gasteiger partial charge in [0, 0.05) is 6.54 Å². The molecule has 17 heavy (non-hydrogen) atoms. The lowest BCUT2D eigenvalue weighted by Gasteiger charge is -2.27. The maximum absolute atomic E-state index is 11.8. The van der Waals surface area contributed by atoms with Gasteiger partial charge in [0.25, 0.3) is 0 Å². The fourth-order valence-electron chi connectivity index (χ4n) is 1.80. The molecular formula is C11H19BrN2O3. The highest BCUT2D eigenvalue weighted by atomic mass is 79.9. The van der Waals surface area contributed by atoms with Crippen molar-refractivity contribution in [3.8, 4) is 0 Å². The van der Waals surface area contributed by atoms with Crippen molar-refractivity contribution in [2.75, 3.05) is 11.9 Å². The first-order valence-corrected chi connectivity index (χ1v) is 6.72. The number of hydrogen-bond donors (Lipinski definition) is 1. The Hall–Kier alpha value is -0.620. The van der Waals surface area contributed by atoms with Crippen molar-refractivity contribution >= 4 is 27.8 Å². The summed E-state index contributed by atoms with van der Waals surface area (Å²) in [6, 6.07) is 0. The number of carbonyl (C=O) groups is 2. The molecule has 1 amide bonds. The number of hydrogen-bond acceptors (Lipinski definition) is 4. The molecule has 1 fully saturated rings. The van der Waals surface area contributed by atoms with Gasteiger partial charge >= 0.3 is 6.09 Å². The van der Waals surface area contributed by atoms with E-state index in [4.69, 9.17) is 10.5 Å². The molecule has 1 aliphatic heterocycles. The third-order valence-electron chi connectivity index (χ3n) is 2.63. The molecule has 0 radical (unpaired) electrons. The number of alkyl halides is 1. The number of ketones is 1. The number of carbonyl (C=O) groups excluding carboxylic acids is 2. The quantitative estimate of drug-likeness (QED) is 0.785. The van der Waals surface area contributed by atoms with E-state index in [0.717, 1.165) is 0 Å². The summed E-state index contributed by atoms with van der Waals surface area (Å²) in [5.41, 5.74) is 5.36. The van der Waals surface area contributed by atoms with Crippen LogP contribution in [0.2, 0.25) is 0 Å². The Balaban J connectivity index is 2.64. The Kier molecular flexibility index (Phi) is 4.55. The van der Waals surface area contributed by atoms with Gasteiger partial charge in [0.05, 0.1) is 17.4 Å². The van der Waals surface area contributed by atoms with E-state index in [1.54, 1.807) is 20.8 Å². The first-order valence-electron chi connectivity index (χ1n) is 5.60. The zero-order valence-electron chi connectivity index (χ0n) is 10.4. The van der Waals surface area contributed by atoms with Gasteiger partial charge < -0.3 is 10.5 Å². The van der Waals surface area contributed by atoms with Gasteiger partial charge in [-0.25, -0.2) is 4.79 Å². The highest BCUT2D eigenvalue weighted by molar-refractivity contribution is 9.09. The number of nitrogens with two attached hydrogens (primary N) is 1. The third kappa shape index (κ3) is 3.67. The second-order valence-electron chi connectivity index (χ2n) is 5.16. The molecule has 0 saturated carbocycles. The smallest absolute Gasteiger partial charge is 0.411 e. The molecule has 1 saturated heterocycles. The Morgan fingerprint density at radius 1 is 1.47 bits per heavy atom. The summed E-state index contributed by atoms with van der Waals surface area (Å²) in [6.07, 6.45) is -0.421. The van der Waals surface area contributed by atoms with Crippen LogP contribution < -0.4 is 5.73 Å². The largest absolute Gasteiger partial charge is 0.444 e. The number of ether oxygens (including phenoxy) is 1. The first kappa shape index (κ1) is 14.4. The van der Waals surface area contributed by atoms with Gasteiger partial charge in [-0.1, -0.05) is 15.9 Å². The van der Waals surface area contributed by atoms with Gasteiger partial charge in [0.2, 0.25) is 0 Å². The van der Waals surface area contributed by atoms with Gasteiger partial charge in [-0.15, -0.1) is 0 Å². The Morgan fingerprint density at radius 2 is 2.06 bits per heavy atom. The van der Waals surface area contributed by atoms with Gasteiger partial charge in [0.15, 0.2) is 0 Å². The van der Waals surface area contributed by atoms with Gasteiger partial charge in [-0.2, -0.15) is 0 Å². The lowest BCUT2D eigenvalue weighted by molar-refractivity contribution is -0.120. The minimum Gasteiger partial charge on any atom is -0.444 e. The maximum atomic E-state index is 11.8. The maximum Gasteiger partial charge on any atom is 0.411 e. The van der Waals surface area contributed by atoms with E-state index in [1.165, 1.54) is 4.90 Å². The normalized spacial score (nSPS) is 24.9. The second-order valence-corrected chi connectivity index (χ2v) is 5.72. The molecule has 98 valence electrons. The van der Waals surface area contributed by atoms with Crippen molar-refractivity contribution in [2.24, 2.45) is 11.7 Å². The van der Waals surface area contributed by atoms with Crippen LogP contribution in [0, 0.1) is 5.92 Å². The molecule has 0 aromatic carbocycles. The molecule has 2 atom stereocenters. The first-order chi connectivity index (χ1) is 7.76. The highest BCUT2D eigenvalue weighted by Crippen LogP contribution is 2.24. The summed E-state index contributed by atoms with van der Waals surface area (Å²) in [5.74, 6) is -0.259. The fourth-order valence-corrected chi connectivity index (χ4v) is 2.22. The highest BCUT2D eigenvalue weighted by Gasteiger charge is 2.39. The van der Waals surface area contributed by atoms with Crippen molar-refractivity contribution in [3.63, 3.8) is 0 Å². The van der Waals surface area contributed by atoms with Crippen molar-refractivity contribution in [2.45, 2.75) is 39.0 Å². The number of halogens is 1. The van der Waals surface area contributed by atoms with Crippen LogP contribution in [0.15, 0.2) is 0 Å². The minimum absolute atomic E-state index is 0.0311. The number of nitrogens with zero attached hydrogens (tertiary/aromatic N) is 1. The summed E-state index contributed by atoms with van der Waals surface area (Å²) in [6.45, 7) is 5.87. The van der Waals surface area contributed by atoms with Gasteiger partial charge in [0.1, 0.15) is 11.4 Å². The van der Waals surface area contributed by atoms with Crippen LogP contribution in [0.4, 0.5) is 4.79 Å². The average molecular weight is 307 g/mol. The predicted octanol–water partition coefficient (Wildman–Crippen LogP) is 1.49. The van der Waals surface area contributed by atoms with Gasteiger partial charge in [-0.3, -0.25) is 9.69 Å². The number of rotatable bonds is 2. The van der Waals surface area contributed by atoms with Crippen molar-refractivity contribution in [1.29, 1.82) is 0 Å². The zero-order chi connectivity index (χ0) is 13.2.